The van der Waals surface area contributed by atoms with Crippen LogP contribution in [0, 0.1) is 13.8 Å². The molecule has 0 bridgehead atoms. The van der Waals surface area contributed by atoms with Crippen LogP contribution in [0.25, 0.3) is 22.6 Å². The first-order valence-corrected chi connectivity index (χ1v) is 11.0. The number of hydrogen-bond acceptors (Lipinski definition) is 5. The molecule has 0 saturated heterocycles. The summed E-state index contributed by atoms with van der Waals surface area (Å²) in [5, 5.41) is 0. The predicted octanol–water partition coefficient (Wildman–Crippen LogP) is 3.39. The zero-order valence-electron chi connectivity index (χ0n) is 18.3. The number of nitrogens with one attached hydrogen (secondary N) is 1. The summed E-state index contributed by atoms with van der Waals surface area (Å²) < 4.78 is 1.89. The van der Waals surface area contributed by atoms with Crippen LogP contribution >= 0.6 is 0 Å². The molecule has 0 aromatic heterocycles. The fourth-order valence-corrected chi connectivity index (χ4v) is 4.62. The van der Waals surface area contributed by atoms with Crippen LogP contribution in [0.3, 0.4) is 0 Å². The van der Waals surface area contributed by atoms with Crippen LogP contribution in [0.5, 0.6) is 0 Å². The van der Waals surface area contributed by atoms with Gasteiger partial charge in [0.05, 0.1) is 17.6 Å². The average Bonchev–Trinajstić information content (AvgIpc) is 3.18. The van der Waals surface area contributed by atoms with Crippen LogP contribution in [0.2, 0.25) is 0 Å². The molecule has 1 unspecified atom stereocenters. The summed E-state index contributed by atoms with van der Waals surface area (Å²) in [5.41, 5.74) is 5.65. The minimum absolute atomic E-state index is 0.173. The van der Waals surface area contributed by atoms with Gasteiger partial charge in [-0.05, 0) is 79.6 Å². The van der Waals surface area contributed by atoms with Gasteiger partial charge in [-0.1, -0.05) is 24.3 Å². The van der Waals surface area contributed by atoms with Crippen LogP contribution in [0.15, 0.2) is 51.0 Å². The average molecular weight is 428 g/mol. The number of hydrogen-bond donors (Lipinski definition) is 1. The van der Waals surface area contributed by atoms with E-state index in [4.69, 9.17) is 0 Å². The van der Waals surface area contributed by atoms with E-state index in [1.807, 2.05) is 36.8 Å². The lowest BCUT2D eigenvalue weighted by Crippen LogP contribution is -2.29. The maximum Gasteiger partial charge on any atom is 0.349 e. The van der Waals surface area contributed by atoms with Crippen molar-refractivity contribution < 1.29 is 0 Å². The molecule has 0 fully saturated rings. The van der Waals surface area contributed by atoms with E-state index < -0.39 is 11.2 Å². The van der Waals surface area contributed by atoms with Gasteiger partial charge in [0.2, 0.25) is 0 Å². The molecule has 2 aliphatic heterocycles. The number of aromatic nitrogens is 4. The summed E-state index contributed by atoms with van der Waals surface area (Å²) in [6, 6.07) is 12.6. The van der Waals surface area contributed by atoms with Gasteiger partial charge in [0.25, 0.3) is 5.56 Å². The number of rotatable bonds is 5. The topological polar surface area (TPSA) is 93.0 Å². The van der Waals surface area contributed by atoms with E-state index in [1.54, 1.807) is 0 Å². The molecular formula is C25H25N5O2. The molecule has 0 amide bonds. The first kappa shape index (κ1) is 20.3. The van der Waals surface area contributed by atoms with E-state index in [2.05, 4.69) is 44.2 Å². The van der Waals surface area contributed by atoms with Crippen molar-refractivity contribution in [2.75, 3.05) is 6.54 Å². The molecule has 0 radical (unpaired) electrons. The Kier molecular flexibility index (Phi) is 5.17. The Bertz CT molecular complexity index is 1430. The maximum absolute atomic E-state index is 12.4. The van der Waals surface area contributed by atoms with Crippen molar-refractivity contribution in [1.29, 1.82) is 0 Å². The maximum atomic E-state index is 12.4. The van der Waals surface area contributed by atoms with Crippen molar-refractivity contribution in [2.24, 2.45) is 4.99 Å². The Morgan fingerprint density at radius 2 is 1.97 bits per heavy atom. The quantitative estimate of drug-likeness (QED) is 0.390. The molecule has 0 spiro atoms. The Hall–Kier alpha value is -3.61. The highest BCUT2D eigenvalue weighted by atomic mass is 16.2. The van der Waals surface area contributed by atoms with Crippen molar-refractivity contribution >= 4 is 17.2 Å². The number of aromatic amines is 1. The van der Waals surface area contributed by atoms with E-state index in [0.29, 0.717) is 30.3 Å². The molecule has 5 rings (SSSR count). The van der Waals surface area contributed by atoms with Crippen LogP contribution in [-0.4, -0.2) is 32.3 Å². The summed E-state index contributed by atoms with van der Waals surface area (Å²) in [5.74, 6) is 0.827. The number of fused-ring (bicyclic) bond motifs is 3. The molecule has 2 aromatic rings. The number of nitrogens with zero attached hydrogens (tertiary/aromatic N) is 4. The lowest BCUT2D eigenvalue weighted by Gasteiger charge is -2.17. The second kappa shape index (κ2) is 8.15. The summed E-state index contributed by atoms with van der Waals surface area (Å²) in [7, 11) is 0. The van der Waals surface area contributed by atoms with Gasteiger partial charge in [-0.2, -0.15) is 4.98 Å². The zero-order valence-corrected chi connectivity index (χ0v) is 18.3. The van der Waals surface area contributed by atoms with Gasteiger partial charge in [0.1, 0.15) is 0 Å². The Labute approximate surface area is 185 Å². The third-order valence-corrected chi connectivity index (χ3v) is 6.45. The fourth-order valence-electron chi connectivity index (χ4n) is 4.62. The lowest BCUT2D eigenvalue weighted by atomic mass is 9.99. The first-order chi connectivity index (χ1) is 15.5. The van der Waals surface area contributed by atoms with Crippen molar-refractivity contribution in [2.45, 2.75) is 45.6 Å². The van der Waals surface area contributed by atoms with Gasteiger partial charge in [0, 0.05) is 6.54 Å². The largest absolute Gasteiger partial charge is 0.349 e. The van der Waals surface area contributed by atoms with E-state index in [1.165, 1.54) is 11.1 Å². The lowest BCUT2D eigenvalue weighted by molar-refractivity contribution is 0.697. The van der Waals surface area contributed by atoms with Crippen LogP contribution < -0.4 is 11.2 Å². The molecule has 0 saturated carbocycles. The second-order valence-corrected chi connectivity index (χ2v) is 8.49. The van der Waals surface area contributed by atoms with Crippen molar-refractivity contribution in [3.8, 4) is 11.5 Å². The van der Waals surface area contributed by atoms with Gasteiger partial charge in [0.15, 0.2) is 11.5 Å². The van der Waals surface area contributed by atoms with Crippen molar-refractivity contribution in [3.63, 3.8) is 0 Å². The van der Waals surface area contributed by atoms with Crippen LogP contribution in [0.4, 0.5) is 0 Å². The standard InChI is InChI=1S/C25H25N5O2/c1-15-13-20-21(14-16(15)2)30(23-22(27-20)24(31)29-25(32)28-23)12-11-26-10-9-18-8-7-17-5-3-4-6-19(17)18/h3-6,10,13-14,18H,7-9,11-12H2,1-2H3,(H,29,31,32). The molecule has 32 heavy (non-hydrogen) atoms. The van der Waals surface area contributed by atoms with Crippen molar-refractivity contribution in [1.82, 2.24) is 19.5 Å². The molecule has 7 nitrogen and oxygen atoms in total. The number of H-pyrrole nitrogens is 1. The fraction of sp³-hybridized carbons (Fsp3) is 0.320. The summed E-state index contributed by atoms with van der Waals surface area (Å²) in [4.78, 5) is 39.7. The minimum atomic E-state index is -0.662. The number of aliphatic imine (C=N–C) groups is 1. The predicted molar refractivity (Wildman–Crippen MR) is 126 cm³/mol. The van der Waals surface area contributed by atoms with E-state index in [9.17, 15) is 9.59 Å². The van der Waals surface area contributed by atoms with E-state index in [-0.39, 0.29) is 5.69 Å². The molecule has 1 atom stereocenters. The van der Waals surface area contributed by atoms with Gasteiger partial charge in [-0.25, -0.2) is 9.78 Å². The van der Waals surface area contributed by atoms with Crippen LogP contribution in [-0.2, 0) is 13.0 Å². The SMILES string of the molecule is Cc1cc2nc3c(=O)[nH]c(=O)nc-3n(CCN=CCC3CCc4ccccc43)c2cc1C. The van der Waals surface area contributed by atoms with E-state index in [0.717, 1.165) is 35.9 Å². The highest BCUT2D eigenvalue weighted by molar-refractivity contribution is 5.81. The molecule has 2 aromatic carbocycles. The summed E-state index contributed by atoms with van der Waals surface area (Å²) >= 11 is 0. The highest BCUT2D eigenvalue weighted by Crippen LogP contribution is 2.34. The highest BCUT2D eigenvalue weighted by Gasteiger charge is 2.21. The van der Waals surface area contributed by atoms with Crippen LogP contribution in [0.1, 0.15) is 41.0 Å². The second-order valence-electron chi connectivity index (χ2n) is 8.49. The monoisotopic (exact) mass is 427 g/mol. The molecule has 1 N–H and O–H groups in total. The van der Waals surface area contributed by atoms with E-state index >= 15 is 0 Å². The first-order valence-electron chi connectivity index (χ1n) is 11.0. The third-order valence-electron chi connectivity index (χ3n) is 6.45. The van der Waals surface area contributed by atoms with Gasteiger partial charge in [-0.15, -0.1) is 0 Å². The summed E-state index contributed by atoms with van der Waals surface area (Å²) in [6.45, 7) is 5.08. The smallest absolute Gasteiger partial charge is 0.320 e. The normalized spacial score (nSPS) is 15.8. The molecule has 3 aliphatic rings. The molecule has 2 heterocycles. The third kappa shape index (κ3) is 3.64. The minimum Gasteiger partial charge on any atom is -0.320 e. The number of aryl methyl sites for hydroxylation is 3. The zero-order chi connectivity index (χ0) is 22.2. The Morgan fingerprint density at radius 3 is 2.84 bits per heavy atom. The van der Waals surface area contributed by atoms with Gasteiger partial charge in [-0.3, -0.25) is 14.8 Å². The van der Waals surface area contributed by atoms with Gasteiger partial charge < -0.3 is 4.57 Å². The molecule has 7 heteroatoms. The number of benzene rings is 2. The molecule has 162 valence electrons. The Balaban J connectivity index is 1.43. The molecule has 1 aliphatic carbocycles. The molecular weight excluding hydrogens is 402 g/mol. The van der Waals surface area contributed by atoms with Crippen molar-refractivity contribution in [3.05, 3.63) is 79.5 Å². The Morgan fingerprint density at radius 1 is 1.16 bits per heavy atom. The summed E-state index contributed by atoms with van der Waals surface area (Å²) in [6.07, 6.45) is 5.22. The van der Waals surface area contributed by atoms with Gasteiger partial charge >= 0.3 is 5.69 Å².